The predicted octanol–water partition coefficient (Wildman–Crippen LogP) is 11.7. The topological polar surface area (TPSA) is 38.7 Å². The molecule has 0 fully saturated rings. The summed E-state index contributed by atoms with van der Waals surface area (Å²) < 4.78 is 0. The molecule has 232 valence electrons. The lowest BCUT2D eigenvalue weighted by molar-refractivity contribution is 0.661. The summed E-state index contributed by atoms with van der Waals surface area (Å²) in [6, 6.07) is 53.9. The maximum Gasteiger partial charge on any atom is 0.160 e. The molecular weight excluding hydrogens is 595 g/mol. The molecular formula is C46H33N3. The molecule has 0 N–H and O–H groups in total. The summed E-state index contributed by atoms with van der Waals surface area (Å²) in [7, 11) is 0. The Morgan fingerprint density at radius 2 is 1.06 bits per heavy atom. The number of fused-ring (bicyclic) bond motifs is 5. The number of hydrogen-bond donors (Lipinski definition) is 0. The number of nitrogens with zero attached hydrogens (tertiary/aromatic N) is 3. The monoisotopic (exact) mass is 627 g/mol. The van der Waals surface area contributed by atoms with Crippen molar-refractivity contribution in [1.82, 2.24) is 15.0 Å². The van der Waals surface area contributed by atoms with Crippen LogP contribution in [0.3, 0.4) is 0 Å². The normalized spacial score (nSPS) is 12.9. The first kappa shape index (κ1) is 29.0. The highest BCUT2D eigenvalue weighted by atomic mass is 14.9. The molecule has 1 aliphatic rings. The summed E-state index contributed by atoms with van der Waals surface area (Å²) in [5, 5.41) is 2.58. The lowest BCUT2D eigenvalue weighted by atomic mass is 9.81. The van der Waals surface area contributed by atoms with Crippen LogP contribution in [0, 0.1) is 0 Å². The van der Waals surface area contributed by atoms with Crippen molar-refractivity contribution in [3.63, 3.8) is 0 Å². The van der Waals surface area contributed by atoms with Crippen LogP contribution in [0.25, 0.3) is 78.1 Å². The zero-order valence-corrected chi connectivity index (χ0v) is 27.4. The van der Waals surface area contributed by atoms with Crippen LogP contribution in [-0.4, -0.2) is 15.0 Å². The van der Waals surface area contributed by atoms with Gasteiger partial charge >= 0.3 is 0 Å². The van der Waals surface area contributed by atoms with Crippen molar-refractivity contribution in [2.45, 2.75) is 19.3 Å². The van der Waals surface area contributed by atoms with Crippen LogP contribution in [-0.2, 0) is 5.41 Å². The van der Waals surface area contributed by atoms with Gasteiger partial charge in [0.15, 0.2) is 5.82 Å². The van der Waals surface area contributed by atoms with Gasteiger partial charge in [-0.05, 0) is 73.5 Å². The average molecular weight is 628 g/mol. The maximum atomic E-state index is 5.22. The van der Waals surface area contributed by atoms with Crippen LogP contribution < -0.4 is 0 Å². The van der Waals surface area contributed by atoms with E-state index in [1.54, 1.807) is 6.20 Å². The summed E-state index contributed by atoms with van der Waals surface area (Å²) in [4.78, 5) is 14.7. The molecule has 1 aliphatic carbocycles. The van der Waals surface area contributed by atoms with Gasteiger partial charge in [0, 0.05) is 34.5 Å². The third-order valence-corrected chi connectivity index (χ3v) is 10.0. The molecule has 0 amide bonds. The molecule has 0 radical (unpaired) electrons. The molecule has 0 bridgehead atoms. The van der Waals surface area contributed by atoms with Crippen molar-refractivity contribution < 1.29 is 0 Å². The Bertz CT molecular complexity index is 2380. The Labute approximate surface area is 286 Å². The molecule has 6 aromatic carbocycles. The van der Waals surface area contributed by atoms with Gasteiger partial charge in [0.05, 0.1) is 11.4 Å². The van der Waals surface area contributed by atoms with E-state index in [2.05, 4.69) is 158 Å². The summed E-state index contributed by atoms with van der Waals surface area (Å²) in [5.74, 6) is 0.706. The van der Waals surface area contributed by atoms with Crippen LogP contribution in [0.5, 0.6) is 0 Å². The van der Waals surface area contributed by atoms with Gasteiger partial charge in [-0.25, -0.2) is 9.97 Å². The molecule has 0 atom stereocenters. The van der Waals surface area contributed by atoms with Gasteiger partial charge in [0.25, 0.3) is 0 Å². The van der Waals surface area contributed by atoms with Gasteiger partial charge < -0.3 is 0 Å². The number of rotatable bonds is 5. The van der Waals surface area contributed by atoms with Crippen LogP contribution in [0.15, 0.2) is 164 Å². The molecule has 0 saturated carbocycles. The van der Waals surface area contributed by atoms with E-state index < -0.39 is 0 Å². The van der Waals surface area contributed by atoms with E-state index >= 15 is 0 Å². The first-order chi connectivity index (χ1) is 24.0. The summed E-state index contributed by atoms with van der Waals surface area (Å²) in [5.41, 5.74) is 14.7. The number of pyridine rings is 1. The molecule has 49 heavy (non-hydrogen) atoms. The molecule has 2 aromatic heterocycles. The minimum Gasteiger partial charge on any atom is -0.264 e. The van der Waals surface area contributed by atoms with Gasteiger partial charge in [-0.3, -0.25) is 4.98 Å². The van der Waals surface area contributed by atoms with Crippen molar-refractivity contribution in [3.8, 4) is 67.3 Å². The smallest absolute Gasteiger partial charge is 0.160 e. The average Bonchev–Trinajstić information content (AvgIpc) is 3.41. The van der Waals surface area contributed by atoms with Gasteiger partial charge in [0.1, 0.15) is 0 Å². The fraction of sp³-hybridized carbons (Fsp3) is 0.0652. The maximum absolute atomic E-state index is 5.22. The predicted molar refractivity (Wildman–Crippen MR) is 202 cm³/mol. The fourth-order valence-corrected chi connectivity index (χ4v) is 7.35. The van der Waals surface area contributed by atoms with Crippen molar-refractivity contribution in [2.75, 3.05) is 0 Å². The Morgan fingerprint density at radius 1 is 0.449 bits per heavy atom. The molecule has 2 heterocycles. The quantitative estimate of drug-likeness (QED) is 0.191. The molecule has 0 spiro atoms. The van der Waals surface area contributed by atoms with Crippen LogP contribution in [0.1, 0.15) is 25.0 Å². The first-order valence-electron chi connectivity index (χ1n) is 16.8. The molecule has 9 rings (SSSR count). The molecule has 3 nitrogen and oxygen atoms in total. The molecule has 3 heteroatoms. The van der Waals surface area contributed by atoms with Gasteiger partial charge in [0.2, 0.25) is 0 Å². The fourth-order valence-electron chi connectivity index (χ4n) is 7.35. The van der Waals surface area contributed by atoms with E-state index in [1.807, 2.05) is 18.3 Å². The van der Waals surface area contributed by atoms with Gasteiger partial charge in [-0.1, -0.05) is 147 Å². The van der Waals surface area contributed by atoms with Gasteiger partial charge in [-0.15, -0.1) is 0 Å². The third kappa shape index (κ3) is 5.03. The van der Waals surface area contributed by atoms with E-state index in [0.29, 0.717) is 5.82 Å². The molecule has 8 aromatic rings. The zero-order valence-electron chi connectivity index (χ0n) is 27.4. The van der Waals surface area contributed by atoms with Crippen LogP contribution in [0.4, 0.5) is 0 Å². The number of hydrogen-bond acceptors (Lipinski definition) is 3. The Balaban J connectivity index is 1.17. The lowest BCUT2D eigenvalue weighted by Gasteiger charge is -2.22. The Morgan fingerprint density at radius 3 is 1.82 bits per heavy atom. The van der Waals surface area contributed by atoms with E-state index in [0.717, 1.165) is 39.2 Å². The SMILES string of the molecule is CC1(C)c2cc(-c3cc(-c4ccc(-c5cccnc5)cc4)nc(-c4ccc(-c5ccccc5)cc4)n3)ccc2-c2c1ccc1ccccc21. The van der Waals surface area contributed by atoms with Crippen molar-refractivity contribution in [3.05, 3.63) is 175 Å². The minimum absolute atomic E-state index is 0.140. The third-order valence-electron chi connectivity index (χ3n) is 10.0. The molecule has 0 aliphatic heterocycles. The Hall–Kier alpha value is -6.19. The van der Waals surface area contributed by atoms with E-state index in [9.17, 15) is 0 Å². The summed E-state index contributed by atoms with van der Waals surface area (Å²) >= 11 is 0. The second-order valence-electron chi connectivity index (χ2n) is 13.3. The highest BCUT2D eigenvalue weighted by molar-refractivity contribution is 6.02. The van der Waals surface area contributed by atoms with Crippen LogP contribution >= 0.6 is 0 Å². The van der Waals surface area contributed by atoms with E-state index in [-0.39, 0.29) is 5.41 Å². The van der Waals surface area contributed by atoms with Crippen molar-refractivity contribution >= 4 is 10.8 Å². The largest absolute Gasteiger partial charge is 0.264 e. The summed E-state index contributed by atoms with van der Waals surface area (Å²) in [6.45, 7) is 4.68. The molecule has 0 saturated heterocycles. The van der Waals surface area contributed by atoms with Gasteiger partial charge in [-0.2, -0.15) is 0 Å². The zero-order chi connectivity index (χ0) is 33.0. The summed E-state index contributed by atoms with van der Waals surface area (Å²) in [6.07, 6.45) is 3.70. The highest BCUT2D eigenvalue weighted by Gasteiger charge is 2.36. The Kier molecular flexibility index (Phi) is 6.80. The number of benzene rings is 6. The number of aromatic nitrogens is 3. The lowest BCUT2D eigenvalue weighted by Crippen LogP contribution is -2.15. The minimum atomic E-state index is -0.140. The van der Waals surface area contributed by atoms with Crippen molar-refractivity contribution in [1.29, 1.82) is 0 Å². The van der Waals surface area contributed by atoms with Crippen molar-refractivity contribution in [2.24, 2.45) is 0 Å². The second kappa shape index (κ2) is 11.5. The van der Waals surface area contributed by atoms with E-state index in [1.165, 1.54) is 44.2 Å². The first-order valence-corrected chi connectivity index (χ1v) is 16.8. The second-order valence-corrected chi connectivity index (χ2v) is 13.3. The van der Waals surface area contributed by atoms with Crippen LogP contribution in [0.2, 0.25) is 0 Å². The standard InChI is InChI=1S/C46H33N3/c1-46(2)40-25-23-33-11-6-7-13-38(33)44(40)39-24-22-36(27-41(39)46)43-28-42(34-18-14-32(15-19-34)37-12-8-26-47-29-37)48-45(49-43)35-20-16-31(17-21-35)30-9-4-3-5-10-30/h3-29H,1-2H3. The van der Waals surface area contributed by atoms with E-state index in [4.69, 9.17) is 9.97 Å². The highest BCUT2D eigenvalue weighted by Crippen LogP contribution is 2.52. The molecule has 0 unspecified atom stereocenters.